The summed E-state index contributed by atoms with van der Waals surface area (Å²) in [5.74, 6) is -0.0839. The Kier molecular flexibility index (Phi) is 4.19. The summed E-state index contributed by atoms with van der Waals surface area (Å²) in [6.45, 7) is 8.55. The average molecular weight is 307 g/mol. The minimum atomic E-state index is -0.450. The number of allylic oxidation sites excluding steroid dienone is 1. The standard InChI is InChI=1S/C16H15ClO4/c1-8-5-14(19)21-16-10(3)15(20-11(4)18)12(6-9(2)17)7-13(8)16/h5,7H,2,6H2,1,3-4H3. The van der Waals surface area contributed by atoms with Crippen LogP contribution < -0.4 is 10.4 Å². The molecule has 0 spiro atoms. The smallest absolute Gasteiger partial charge is 0.336 e. The molecule has 0 amide bonds. The van der Waals surface area contributed by atoms with Crippen molar-refractivity contribution in [2.45, 2.75) is 27.2 Å². The molecule has 5 heteroatoms. The van der Waals surface area contributed by atoms with Crippen LogP contribution in [-0.4, -0.2) is 5.97 Å². The first kappa shape index (κ1) is 15.3. The molecule has 0 aliphatic heterocycles. The van der Waals surface area contributed by atoms with Gasteiger partial charge in [0.05, 0.1) is 0 Å². The van der Waals surface area contributed by atoms with Gasteiger partial charge in [-0.15, -0.1) is 0 Å². The van der Waals surface area contributed by atoms with Crippen LogP contribution in [0.15, 0.2) is 33.0 Å². The van der Waals surface area contributed by atoms with Gasteiger partial charge in [0.25, 0.3) is 0 Å². The van der Waals surface area contributed by atoms with E-state index in [4.69, 9.17) is 20.8 Å². The molecule has 1 aromatic heterocycles. The Balaban J connectivity index is 2.83. The summed E-state index contributed by atoms with van der Waals surface area (Å²) >= 11 is 5.88. The third-order valence-corrected chi connectivity index (χ3v) is 3.26. The molecule has 0 bridgehead atoms. The molecule has 0 aliphatic rings. The largest absolute Gasteiger partial charge is 0.426 e. The highest BCUT2D eigenvalue weighted by atomic mass is 35.5. The zero-order chi connectivity index (χ0) is 15.7. The molecule has 0 fully saturated rings. The van der Waals surface area contributed by atoms with E-state index in [1.165, 1.54) is 13.0 Å². The fraction of sp³-hybridized carbons (Fsp3) is 0.250. The summed E-state index contributed by atoms with van der Waals surface area (Å²) in [6.07, 6.45) is 0.361. The molecule has 110 valence electrons. The van der Waals surface area contributed by atoms with Gasteiger partial charge in [-0.2, -0.15) is 0 Å². The van der Waals surface area contributed by atoms with E-state index in [2.05, 4.69) is 6.58 Å². The number of rotatable bonds is 3. The Morgan fingerprint density at radius 2 is 2.05 bits per heavy atom. The van der Waals surface area contributed by atoms with E-state index in [-0.39, 0.29) is 0 Å². The fourth-order valence-corrected chi connectivity index (χ4v) is 2.43. The Hall–Kier alpha value is -2.07. The van der Waals surface area contributed by atoms with Crippen LogP contribution in [0.25, 0.3) is 11.0 Å². The third-order valence-electron chi connectivity index (χ3n) is 3.13. The number of halogens is 1. The maximum Gasteiger partial charge on any atom is 0.336 e. The summed E-state index contributed by atoms with van der Waals surface area (Å²) < 4.78 is 10.5. The SMILES string of the molecule is C=C(Cl)Cc1cc2c(C)cc(=O)oc2c(C)c1OC(C)=O. The van der Waals surface area contributed by atoms with Crippen LogP contribution in [0.4, 0.5) is 0 Å². The van der Waals surface area contributed by atoms with E-state index in [1.807, 2.05) is 13.0 Å². The van der Waals surface area contributed by atoms with Gasteiger partial charge in [0, 0.05) is 41.0 Å². The molecule has 1 aromatic carbocycles. The number of fused-ring (bicyclic) bond motifs is 1. The minimum absolute atomic E-state index is 0.361. The number of esters is 1. The molecule has 2 rings (SSSR count). The lowest BCUT2D eigenvalue weighted by molar-refractivity contribution is -0.131. The topological polar surface area (TPSA) is 56.5 Å². The van der Waals surface area contributed by atoms with Crippen molar-refractivity contribution in [1.82, 2.24) is 0 Å². The Labute approximate surface area is 127 Å². The first-order chi connectivity index (χ1) is 9.79. The molecule has 0 atom stereocenters. The highest BCUT2D eigenvalue weighted by Crippen LogP contribution is 2.34. The number of hydrogen-bond acceptors (Lipinski definition) is 4. The normalized spacial score (nSPS) is 10.7. The molecule has 0 unspecified atom stereocenters. The van der Waals surface area contributed by atoms with Crippen LogP contribution in [0.5, 0.6) is 5.75 Å². The van der Waals surface area contributed by atoms with E-state index in [0.29, 0.717) is 28.3 Å². The molecule has 21 heavy (non-hydrogen) atoms. The maximum atomic E-state index is 11.5. The molecule has 2 aromatic rings. The average Bonchev–Trinajstić information content (AvgIpc) is 2.34. The van der Waals surface area contributed by atoms with Gasteiger partial charge < -0.3 is 9.15 Å². The van der Waals surface area contributed by atoms with Crippen molar-refractivity contribution in [3.05, 3.63) is 50.9 Å². The van der Waals surface area contributed by atoms with E-state index >= 15 is 0 Å². The summed E-state index contributed by atoms with van der Waals surface area (Å²) in [7, 11) is 0. The van der Waals surface area contributed by atoms with Crippen LogP contribution in [0.2, 0.25) is 0 Å². The van der Waals surface area contributed by atoms with Gasteiger partial charge in [-0.1, -0.05) is 18.2 Å². The molecule has 0 saturated carbocycles. The van der Waals surface area contributed by atoms with Crippen molar-refractivity contribution in [1.29, 1.82) is 0 Å². The van der Waals surface area contributed by atoms with E-state index in [1.54, 1.807) is 6.92 Å². The number of aryl methyl sites for hydroxylation is 2. The van der Waals surface area contributed by atoms with Crippen LogP contribution in [0.1, 0.15) is 23.6 Å². The minimum Gasteiger partial charge on any atom is -0.426 e. The number of benzene rings is 1. The fourth-order valence-electron chi connectivity index (χ4n) is 2.28. The van der Waals surface area contributed by atoms with Crippen molar-refractivity contribution in [3.8, 4) is 5.75 Å². The lowest BCUT2D eigenvalue weighted by Crippen LogP contribution is -2.08. The monoisotopic (exact) mass is 306 g/mol. The van der Waals surface area contributed by atoms with Gasteiger partial charge in [0.2, 0.25) is 0 Å². The number of carbonyl (C=O) groups excluding carboxylic acids is 1. The lowest BCUT2D eigenvalue weighted by atomic mass is 10.0. The van der Waals surface area contributed by atoms with Crippen LogP contribution in [0.3, 0.4) is 0 Å². The molecule has 4 nitrogen and oxygen atoms in total. The van der Waals surface area contributed by atoms with E-state index in [9.17, 15) is 9.59 Å². The highest BCUT2D eigenvalue weighted by molar-refractivity contribution is 6.29. The van der Waals surface area contributed by atoms with Crippen molar-refractivity contribution in [2.75, 3.05) is 0 Å². The summed E-state index contributed by atoms with van der Waals surface area (Å²) in [4.78, 5) is 22.8. The summed E-state index contributed by atoms with van der Waals surface area (Å²) in [5, 5.41) is 1.22. The number of ether oxygens (including phenoxy) is 1. The molecule has 0 saturated heterocycles. The second kappa shape index (κ2) is 5.74. The predicted octanol–water partition coefficient (Wildman–Crippen LogP) is 3.63. The van der Waals surface area contributed by atoms with Crippen molar-refractivity contribution in [2.24, 2.45) is 0 Å². The van der Waals surface area contributed by atoms with Crippen LogP contribution >= 0.6 is 11.6 Å². The molecule has 0 radical (unpaired) electrons. The second-order valence-corrected chi connectivity index (χ2v) is 5.44. The Morgan fingerprint density at radius 3 is 2.62 bits per heavy atom. The van der Waals surface area contributed by atoms with Crippen LogP contribution in [-0.2, 0) is 11.2 Å². The highest BCUT2D eigenvalue weighted by Gasteiger charge is 2.17. The Morgan fingerprint density at radius 1 is 1.38 bits per heavy atom. The van der Waals surface area contributed by atoms with Crippen LogP contribution in [0, 0.1) is 13.8 Å². The van der Waals surface area contributed by atoms with Gasteiger partial charge in [-0.3, -0.25) is 4.79 Å². The summed E-state index contributed by atoms with van der Waals surface area (Å²) in [6, 6.07) is 3.24. The zero-order valence-electron chi connectivity index (χ0n) is 12.1. The third kappa shape index (κ3) is 3.16. The van der Waals surface area contributed by atoms with Gasteiger partial charge in [-0.25, -0.2) is 4.79 Å². The van der Waals surface area contributed by atoms with Crippen molar-refractivity contribution >= 4 is 28.5 Å². The number of hydrogen-bond donors (Lipinski definition) is 0. The van der Waals surface area contributed by atoms with Crippen molar-refractivity contribution in [3.63, 3.8) is 0 Å². The maximum absolute atomic E-state index is 11.5. The zero-order valence-corrected chi connectivity index (χ0v) is 12.8. The Bertz CT molecular complexity index is 802. The first-order valence-corrected chi connectivity index (χ1v) is 6.76. The van der Waals surface area contributed by atoms with E-state index < -0.39 is 11.6 Å². The van der Waals surface area contributed by atoms with Gasteiger partial charge in [0.1, 0.15) is 11.3 Å². The van der Waals surface area contributed by atoms with E-state index in [0.717, 1.165) is 16.5 Å². The molecular weight excluding hydrogens is 292 g/mol. The summed E-state index contributed by atoms with van der Waals surface area (Å²) in [5.41, 5.74) is 2.09. The predicted molar refractivity (Wildman–Crippen MR) is 82.0 cm³/mol. The number of carbonyl (C=O) groups is 1. The quantitative estimate of drug-likeness (QED) is 0.493. The van der Waals surface area contributed by atoms with Gasteiger partial charge >= 0.3 is 11.6 Å². The first-order valence-electron chi connectivity index (χ1n) is 6.38. The second-order valence-electron chi connectivity index (χ2n) is 4.90. The van der Waals surface area contributed by atoms with Gasteiger partial charge in [-0.05, 0) is 25.5 Å². The molecular formula is C16H15ClO4. The molecule has 0 aliphatic carbocycles. The molecule has 1 heterocycles. The van der Waals surface area contributed by atoms with Crippen molar-refractivity contribution < 1.29 is 13.9 Å². The van der Waals surface area contributed by atoms with Gasteiger partial charge in [0.15, 0.2) is 0 Å². The lowest BCUT2D eigenvalue weighted by Gasteiger charge is -2.14. The molecule has 0 N–H and O–H groups in total.